The van der Waals surface area contributed by atoms with Crippen LogP contribution in [-0.2, 0) is 0 Å². The molecule has 0 saturated carbocycles. The van der Waals surface area contributed by atoms with Crippen LogP contribution in [0, 0.1) is 12.3 Å². The van der Waals surface area contributed by atoms with Crippen LogP contribution in [0.1, 0.15) is 18.4 Å². The molecule has 1 radical (unpaired) electrons. The van der Waals surface area contributed by atoms with Gasteiger partial charge in [0.15, 0.2) is 0 Å². The molecule has 0 fully saturated rings. The fourth-order valence-electron chi connectivity index (χ4n) is 2.23. The third kappa shape index (κ3) is 1.24. The average molecular weight is 185 g/mol. The highest BCUT2D eigenvalue weighted by Gasteiger charge is 2.29. The highest BCUT2D eigenvalue weighted by atomic mass is 16.5. The number of rotatable bonds is 0. The van der Waals surface area contributed by atoms with E-state index in [1.54, 1.807) is 0 Å². The zero-order valence-electron chi connectivity index (χ0n) is 8.02. The van der Waals surface area contributed by atoms with Crippen molar-refractivity contribution in [2.45, 2.75) is 18.9 Å². The molecule has 2 unspecified atom stereocenters. The molecular formula is C13H13O. The first-order valence-electron chi connectivity index (χ1n) is 5.21. The first-order chi connectivity index (χ1) is 6.93. The van der Waals surface area contributed by atoms with E-state index in [4.69, 9.17) is 4.74 Å². The Morgan fingerprint density at radius 2 is 2.14 bits per heavy atom. The van der Waals surface area contributed by atoms with E-state index in [1.807, 2.05) is 12.1 Å². The average Bonchev–Trinajstić information content (AvgIpc) is 2.26. The van der Waals surface area contributed by atoms with Crippen molar-refractivity contribution in [2.24, 2.45) is 5.92 Å². The molecule has 2 atom stereocenters. The van der Waals surface area contributed by atoms with Crippen LogP contribution in [-0.4, -0.2) is 6.10 Å². The molecule has 2 aliphatic rings. The van der Waals surface area contributed by atoms with Crippen molar-refractivity contribution in [3.63, 3.8) is 0 Å². The standard InChI is InChI=1S/C13H13O/c1-3-7-12-10(5-1)9-11-6-2-4-8-13(11)14-12/h1,3-5,7-9,11,13H,2,6H2. The van der Waals surface area contributed by atoms with E-state index < -0.39 is 0 Å². The van der Waals surface area contributed by atoms with Crippen molar-refractivity contribution in [2.75, 3.05) is 0 Å². The molecule has 0 aromatic heterocycles. The van der Waals surface area contributed by atoms with Crippen LogP contribution in [0.2, 0.25) is 0 Å². The first-order valence-corrected chi connectivity index (χ1v) is 5.21. The van der Waals surface area contributed by atoms with Gasteiger partial charge in [0, 0.05) is 12.3 Å². The van der Waals surface area contributed by atoms with Crippen LogP contribution < -0.4 is 4.74 Å². The fourth-order valence-corrected chi connectivity index (χ4v) is 2.23. The molecule has 1 aromatic rings. The SMILES string of the molecule is [CH]1c2ccccc2OC2C=CCCC12. The van der Waals surface area contributed by atoms with Crippen LogP contribution in [0.15, 0.2) is 36.4 Å². The molecule has 1 heteroatoms. The summed E-state index contributed by atoms with van der Waals surface area (Å²) in [5.41, 5.74) is 1.25. The Morgan fingerprint density at radius 3 is 3.14 bits per heavy atom. The summed E-state index contributed by atoms with van der Waals surface area (Å²) in [7, 11) is 0. The van der Waals surface area contributed by atoms with Crippen LogP contribution in [0.5, 0.6) is 5.75 Å². The van der Waals surface area contributed by atoms with Gasteiger partial charge in [0.1, 0.15) is 11.9 Å². The molecule has 0 amide bonds. The molecule has 1 aliphatic carbocycles. The van der Waals surface area contributed by atoms with Gasteiger partial charge in [-0.25, -0.2) is 0 Å². The van der Waals surface area contributed by atoms with E-state index >= 15 is 0 Å². The Hall–Kier alpha value is -1.24. The molecular weight excluding hydrogens is 172 g/mol. The topological polar surface area (TPSA) is 9.23 Å². The summed E-state index contributed by atoms with van der Waals surface area (Å²) in [6, 6.07) is 8.27. The zero-order chi connectivity index (χ0) is 9.38. The normalized spacial score (nSPS) is 28.9. The second-order valence-electron chi connectivity index (χ2n) is 3.96. The van der Waals surface area contributed by atoms with Crippen molar-refractivity contribution < 1.29 is 4.74 Å². The summed E-state index contributed by atoms with van der Waals surface area (Å²) < 4.78 is 5.92. The summed E-state index contributed by atoms with van der Waals surface area (Å²) in [6.07, 6.45) is 9.45. The van der Waals surface area contributed by atoms with E-state index in [2.05, 4.69) is 30.7 Å². The number of fused-ring (bicyclic) bond motifs is 2. The molecule has 1 aromatic carbocycles. The lowest BCUT2D eigenvalue weighted by molar-refractivity contribution is 0.168. The fraction of sp³-hybridized carbons (Fsp3) is 0.308. The summed E-state index contributed by atoms with van der Waals surface area (Å²) in [4.78, 5) is 0. The molecule has 71 valence electrons. The van der Waals surface area contributed by atoms with Gasteiger partial charge in [-0.05, 0) is 30.5 Å². The van der Waals surface area contributed by atoms with Crippen LogP contribution in [0.4, 0.5) is 0 Å². The van der Waals surface area contributed by atoms with E-state index in [1.165, 1.54) is 18.4 Å². The molecule has 0 bridgehead atoms. The van der Waals surface area contributed by atoms with Crippen LogP contribution in [0.25, 0.3) is 0 Å². The van der Waals surface area contributed by atoms with Gasteiger partial charge in [0.2, 0.25) is 0 Å². The highest BCUT2D eigenvalue weighted by molar-refractivity contribution is 5.42. The van der Waals surface area contributed by atoms with Gasteiger partial charge in [-0.15, -0.1) is 0 Å². The van der Waals surface area contributed by atoms with Crippen molar-refractivity contribution in [1.29, 1.82) is 0 Å². The van der Waals surface area contributed by atoms with Gasteiger partial charge >= 0.3 is 0 Å². The summed E-state index contributed by atoms with van der Waals surface area (Å²) in [5.74, 6) is 1.61. The number of hydrogen-bond donors (Lipinski definition) is 0. The van der Waals surface area contributed by atoms with Gasteiger partial charge in [0.25, 0.3) is 0 Å². The lowest BCUT2D eigenvalue weighted by Crippen LogP contribution is -2.31. The Labute approximate surface area is 84.4 Å². The number of allylic oxidation sites excluding steroid dienone is 1. The predicted molar refractivity (Wildman–Crippen MR) is 56.1 cm³/mol. The molecule has 1 heterocycles. The number of benzene rings is 1. The molecule has 1 nitrogen and oxygen atoms in total. The summed E-state index contributed by atoms with van der Waals surface area (Å²) >= 11 is 0. The van der Waals surface area contributed by atoms with Gasteiger partial charge in [-0.2, -0.15) is 0 Å². The minimum atomic E-state index is 0.277. The van der Waals surface area contributed by atoms with Crippen LogP contribution in [0.3, 0.4) is 0 Å². The maximum absolute atomic E-state index is 5.92. The van der Waals surface area contributed by atoms with Crippen molar-refractivity contribution in [3.8, 4) is 5.75 Å². The van der Waals surface area contributed by atoms with E-state index in [0.717, 1.165) is 5.75 Å². The number of hydrogen-bond acceptors (Lipinski definition) is 1. The largest absolute Gasteiger partial charge is 0.486 e. The Bertz CT molecular complexity index is 367. The second kappa shape index (κ2) is 3.16. The van der Waals surface area contributed by atoms with Crippen molar-refractivity contribution in [3.05, 3.63) is 48.4 Å². The number of ether oxygens (including phenoxy) is 1. The third-order valence-corrected chi connectivity index (χ3v) is 2.99. The van der Waals surface area contributed by atoms with Crippen molar-refractivity contribution >= 4 is 0 Å². The molecule has 0 N–H and O–H groups in total. The second-order valence-corrected chi connectivity index (χ2v) is 3.96. The molecule has 0 spiro atoms. The lowest BCUT2D eigenvalue weighted by Gasteiger charge is -2.33. The van der Waals surface area contributed by atoms with E-state index in [-0.39, 0.29) is 6.10 Å². The van der Waals surface area contributed by atoms with Crippen LogP contribution >= 0.6 is 0 Å². The Balaban J connectivity index is 1.96. The molecule has 14 heavy (non-hydrogen) atoms. The molecule has 0 saturated heterocycles. The Kier molecular flexibility index (Phi) is 1.83. The molecule has 3 rings (SSSR count). The van der Waals surface area contributed by atoms with Gasteiger partial charge < -0.3 is 4.74 Å². The smallest absolute Gasteiger partial charge is 0.123 e. The van der Waals surface area contributed by atoms with Crippen molar-refractivity contribution in [1.82, 2.24) is 0 Å². The maximum Gasteiger partial charge on any atom is 0.123 e. The lowest BCUT2D eigenvalue weighted by atomic mass is 9.84. The minimum absolute atomic E-state index is 0.277. The number of para-hydroxylation sites is 1. The maximum atomic E-state index is 5.92. The predicted octanol–water partition coefficient (Wildman–Crippen LogP) is 2.97. The van der Waals surface area contributed by atoms with E-state index in [9.17, 15) is 0 Å². The zero-order valence-corrected chi connectivity index (χ0v) is 8.02. The van der Waals surface area contributed by atoms with E-state index in [0.29, 0.717) is 5.92 Å². The highest BCUT2D eigenvalue weighted by Crippen LogP contribution is 2.36. The van der Waals surface area contributed by atoms with Gasteiger partial charge in [-0.1, -0.05) is 24.3 Å². The van der Waals surface area contributed by atoms with Gasteiger partial charge in [-0.3, -0.25) is 0 Å². The summed E-state index contributed by atoms with van der Waals surface area (Å²) in [6.45, 7) is 0. The first kappa shape index (κ1) is 8.10. The van der Waals surface area contributed by atoms with Gasteiger partial charge in [0.05, 0.1) is 0 Å². The monoisotopic (exact) mass is 185 g/mol. The Morgan fingerprint density at radius 1 is 1.21 bits per heavy atom. The molecule has 1 aliphatic heterocycles. The quantitative estimate of drug-likeness (QED) is 0.565. The third-order valence-electron chi connectivity index (χ3n) is 2.99. The minimum Gasteiger partial charge on any atom is -0.486 e. The summed E-state index contributed by atoms with van der Waals surface area (Å²) in [5, 5.41) is 0.